The van der Waals surface area contributed by atoms with Gasteiger partial charge >= 0.3 is 6.03 Å². The predicted molar refractivity (Wildman–Crippen MR) is 97.2 cm³/mol. The number of aromatic nitrogens is 2. The smallest absolute Gasteiger partial charge is 0.320 e. The Kier molecular flexibility index (Phi) is 3.93. The lowest BCUT2D eigenvalue weighted by Gasteiger charge is -2.41. The molecule has 3 saturated heterocycles. The average Bonchev–Trinajstić information content (AvgIpc) is 3.24. The molecule has 3 aliphatic heterocycles. The highest BCUT2D eigenvalue weighted by Gasteiger charge is 2.37. The molecule has 0 radical (unpaired) electrons. The number of aromatic amines is 1. The molecule has 0 aliphatic carbocycles. The van der Waals surface area contributed by atoms with Gasteiger partial charge in [-0.15, -0.1) is 0 Å². The van der Waals surface area contributed by atoms with E-state index in [4.69, 9.17) is 4.74 Å². The lowest BCUT2D eigenvalue weighted by atomic mass is 9.89. The first-order valence-corrected chi connectivity index (χ1v) is 9.48. The van der Waals surface area contributed by atoms with Crippen molar-refractivity contribution in [1.29, 1.82) is 0 Å². The second-order valence-corrected chi connectivity index (χ2v) is 7.73. The summed E-state index contributed by atoms with van der Waals surface area (Å²) >= 11 is 0. The molecular weight excluding hydrogens is 328 g/mol. The van der Waals surface area contributed by atoms with Crippen LogP contribution in [0.25, 0.3) is 0 Å². The van der Waals surface area contributed by atoms with E-state index in [1.54, 1.807) is 6.20 Å². The van der Waals surface area contributed by atoms with Gasteiger partial charge < -0.3 is 14.5 Å². The van der Waals surface area contributed by atoms with Gasteiger partial charge in [0.1, 0.15) is 0 Å². The van der Waals surface area contributed by atoms with E-state index in [0.29, 0.717) is 17.8 Å². The average molecular weight is 352 g/mol. The van der Waals surface area contributed by atoms with Crippen LogP contribution in [0.15, 0.2) is 36.5 Å². The molecular formula is C20H24N4O2. The molecule has 1 N–H and O–H groups in total. The van der Waals surface area contributed by atoms with Crippen molar-refractivity contribution in [2.45, 2.75) is 24.2 Å². The maximum absolute atomic E-state index is 12.7. The summed E-state index contributed by atoms with van der Waals surface area (Å²) < 4.78 is 5.27. The molecule has 0 saturated carbocycles. The van der Waals surface area contributed by atoms with Crippen LogP contribution in [0.3, 0.4) is 0 Å². The van der Waals surface area contributed by atoms with Gasteiger partial charge in [-0.05, 0) is 23.6 Å². The zero-order valence-corrected chi connectivity index (χ0v) is 14.8. The summed E-state index contributed by atoms with van der Waals surface area (Å²) in [7, 11) is 0. The third-order valence-electron chi connectivity index (χ3n) is 6.09. The van der Waals surface area contributed by atoms with Gasteiger partial charge in [0.15, 0.2) is 0 Å². The molecule has 1 aromatic heterocycles. The van der Waals surface area contributed by atoms with Crippen molar-refractivity contribution in [3.63, 3.8) is 0 Å². The van der Waals surface area contributed by atoms with Crippen LogP contribution in [0.2, 0.25) is 0 Å². The SMILES string of the molecule is O=C(N1CC(c2ccc(C3COC3)cc2)C1)N1CCC(c2ccn[nH]2)C1. The van der Waals surface area contributed by atoms with Crippen molar-refractivity contribution in [1.82, 2.24) is 20.0 Å². The molecule has 1 aromatic carbocycles. The minimum absolute atomic E-state index is 0.187. The Balaban J connectivity index is 1.15. The van der Waals surface area contributed by atoms with E-state index in [-0.39, 0.29) is 6.03 Å². The summed E-state index contributed by atoms with van der Waals surface area (Å²) in [6.07, 6.45) is 2.79. The number of likely N-dealkylation sites (tertiary alicyclic amines) is 2. The van der Waals surface area contributed by atoms with Crippen molar-refractivity contribution in [2.24, 2.45) is 0 Å². The number of benzene rings is 1. The largest absolute Gasteiger partial charge is 0.380 e. The zero-order valence-electron chi connectivity index (χ0n) is 14.8. The van der Waals surface area contributed by atoms with E-state index >= 15 is 0 Å². The number of rotatable bonds is 3. The topological polar surface area (TPSA) is 61.5 Å². The molecule has 6 heteroatoms. The molecule has 0 spiro atoms. The lowest BCUT2D eigenvalue weighted by Crippen LogP contribution is -2.53. The molecule has 0 bridgehead atoms. The molecule has 1 unspecified atom stereocenters. The monoisotopic (exact) mass is 352 g/mol. The van der Waals surface area contributed by atoms with Gasteiger partial charge in [-0.2, -0.15) is 5.10 Å². The van der Waals surface area contributed by atoms with Gasteiger partial charge in [0, 0.05) is 55.8 Å². The number of urea groups is 1. The summed E-state index contributed by atoms with van der Waals surface area (Å²) in [4.78, 5) is 16.7. The van der Waals surface area contributed by atoms with Crippen LogP contribution in [0.4, 0.5) is 4.79 Å². The zero-order chi connectivity index (χ0) is 17.5. The fourth-order valence-electron chi connectivity index (χ4n) is 4.20. The van der Waals surface area contributed by atoms with Crippen molar-refractivity contribution in [3.8, 4) is 0 Å². The first kappa shape index (κ1) is 15.9. The molecule has 4 heterocycles. The standard InChI is InChI=1S/C20H24N4O2/c25-20(23-8-6-16(9-23)19-5-7-21-22-19)24-10-17(11-24)14-1-3-15(4-2-14)18-12-26-13-18/h1-5,7,16-18H,6,8-13H2,(H,21,22). The van der Waals surface area contributed by atoms with Crippen LogP contribution in [-0.4, -0.2) is 65.4 Å². The molecule has 3 fully saturated rings. The predicted octanol–water partition coefficient (Wildman–Crippen LogP) is 2.53. The number of carbonyl (C=O) groups excluding carboxylic acids is 1. The summed E-state index contributed by atoms with van der Waals surface area (Å²) in [6, 6.07) is 11.1. The summed E-state index contributed by atoms with van der Waals surface area (Å²) in [6.45, 7) is 4.98. The van der Waals surface area contributed by atoms with Gasteiger partial charge in [0.05, 0.1) is 13.2 Å². The number of hydrogen-bond acceptors (Lipinski definition) is 3. The highest BCUT2D eigenvalue weighted by atomic mass is 16.5. The molecule has 5 rings (SSSR count). The number of carbonyl (C=O) groups is 1. The van der Waals surface area contributed by atoms with E-state index in [9.17, 15) is 4.79 Å². The van der Waals surface area contributed by atoms with Crippen LogP contribution >= 0.6 is 0 Å². The normalized spacial score (nSPS) is 23.8. The third-order valence-corrected chi connectivity index (χ3v) is 6.09. The second kappa shape index (κ2) is 6.43. The first-order valence-electron chi connectivity index (χ1n) is 9.48. The number of amides is 2. The molecule has 136 valence electrons. The molecule has 2 amide bonds. The second-order valence-electron chi connectivity index (χ2n) is 7.73. The molecule has 2 aromatic rings. The van der Waals surface area contributed by atoms with Gasteiger partial charge in [0.2, 0.25) is 0 Å². The summed E-state index contributed by atoms with van der Waals surface area (Å²) in [5, 5.41) is 7.06. The van der Waals surface area contributed by atoms with E-state index in [0.717, 1.165) is 51.5 Å². The highest BCUT2D eigenvalue weighted by molar-refractivity contribution is 5.76. The fraction of sp³-hybridized carbons (Fsp3) is 0.500. The first-order chi connectivity index (χ1) is 12.8. The minimum atomic E-state index is 0.187. The highest BCUT2D eigenvalue weighted by Crippen LogP contribution is 2.32. The number of nitrogens with zero attached hydrogens (tertiary/aromatic N) is 3. The number of H-pyrrole nitrogens is 1. The third kappa shape index (κ3) is 2.78. The van der Waals surface area contributed by atoms with Crippen molar-refractivity contribution >= 4 is 6.03 Å². The van der Waals surface area contributed by atoms with Crippen molar-refractivity contribution in [3.05, 3.63) is 53.3 Å². The van der Waals surface area contributed by atoms with Crippen LogP contribution in [0.1, 0.15) is 41.0 Å². The number of nitrogens with one attached hydrogen (secondary N) is 1. The number of hydrogen-bond donors (Lipinski definition) is 1. The Morgan fingerprint density at radius 3 is 2.27 bits per heavy atom. The van der Waals surface area contributed by atoms with Gasteiger partial charge in [-0.1, -0.05) is 24.3 Å². The summed E-state index contributed by atoms with van der Waals surface area (Å²) in [5.41, 5.74) is 3.85. The van der Waals surface area contributed by atoms with E-state index < -0.39 is 0 Å². The van der Waals surface area contributed by atoms with Crippen molar-refractivity contribution < 1.29 is 9.53 Å². The maximum Gasteiger partial charge on any atom is 0.320 e. The van der Waals surface area contributed by atoms with Gasteiger partial charge in [-0.25, -0.2) is 4.79 Å². The molecule has 1 atom stereocenters. The van der Waals surface area contributed by atoms with Crippen LogP contribution in [0, 0.1) is 0 Å². The van der Waals surface area contributed by atoms with Gasteiger partial charge in [0.25, 0.3) is 0 Å². The Labute approximate surface area is 153 Å². The van der Waals surface area contributed by atoms with Crippen LogP contribution < -0.4 is 0 Å². The Morgan fingerprint density at radius 2 is 1.65 bits per heavy atom. The maximum atomic E-state index is 12.7. The van der Waals surface area contributed by atoms with Crippen LogP contribution in [0.5, 0.6) is 0 Å². The molecule has 3 aliphatic rings. The van der Waals surface area contributed by atoms with E-state index in [1.807, 2.05) is 15.9 Å². The molecule has 6 nitrogen and oxygen atoms in total. The quantitative estimate of drug-likeness (QED) is 0.923. The van der Waals surface area contributed by atoms with Crippen molar-refractivity contribution in [2.75, 3.05) is 39.4 Å². The Hall–Kier alpha value is -2.34. The number of ether oxygens (including phenoxy) is 1. The van der Waals surface area contributed by atoms with Gasteiger partial charge in [-0.3, -0.25) is 5.10 Å². The van der Waals surface area contributed by atoms with E-state index in [2.05, 4.69) is 34.5 Å². The fourth-order valence-corrected chi connectivity index (χ4v) is 4.20. The van der Waals surface area contributed by atoms with E-state index in [1.165, 1.54) is 11.1 Å². The Bertz CT molecular complexity index is 764. The lowest BCUT2D eigenvalue weighted by molar-refractivity contribution is 0.00840. The Morgan fingerprint density at radius 1 is 0.962 bits per heavy atom. The summed E-state index contributed by atoms with van der Waals surface area (Å²) in [5.74, 6) is 1.43. The minimum Gasteiger partial charge on any atom is -0.380 e. The van der Waals surface area contributed by atoms with Crippen LogP contribution in [-0.2, 0) is 4.74 Å². The molecule has 26 heavy (non-hydrogen) atoms.